The van der Waals surface area contributed by atoms with Crippen LogP contribution in [0, 0.1) is 5.92 Å². The van der Waals surface area contributed by atoms with E-state index in [0.717, 1.165) is 23.7 Å². The molecule has 2 atom stereocenters. The molecule has 0 spiro atoms. The van der Waals surface area contributed by atoms with Gasteiger partial charge in [0.05, 0.1) is 17.6 Å². The van der Waals surface area contributed by atoms with Crippen LogP contribution in [0.5, 0.6) is 0 Å². The van der Waals surface area contributed by atoms with Crippen molar-refractivity contribution in [1.29, 1.82) is 0 Å². The maximum absolute atomic E-state index is 12.4. The summed E-state index contributed by atoms with van der Waals surface area (Å²) in [5, 5.41) is 0. The highest BCUT2D eigenvalue weighted by molar-refractivity contribution is 9.10. The lowest BCUT2D eigenvalue weighted by Crippen LogP contribution is -2.33. The highest BCUT2D eigenvalue weighted by Crippen LogP contribution is 2.30. The third-order valence-corrected chi connectivity index (χ3v) is 5.57. The van der Waals surface area contributed by atoms with Crippen molar-refractivity contribution >= 4 is 32.0 Å². The van der Waals surface area contributed by atoms with E-state index in [1.807, 2.05) is 0 Å². The molecule has 1 aliphatic carbocycles. The molecule has 22 heavy (non-hydrogen) atoms. The highest BCUT2D eigenvalue weighted by Gasteiger charge is 2.31. The number of hydrogen-bond acceptors (Lipinski definition) is 5. The molecule has 1 aliphatic rings. The molecule has 0 N–H and O–H groups in total. The van der Waals surface area contributed by atoms with Crippen molar-refractivity contribution in [2.75, 3.05) is 6.61 Å². The fourth-order valence-corrected chi connectivity index (χ4v) is 3.96. The molecule has 1 aromatic carbocycles. The molecule has 1 fully saturated rings. The third kappa shape index (κ3) is 4.79. The number of hydrogen-bond donors (Lipinski definition) is 0. The standard InChI is InChI=1S/C15H19BrO5S/c1-11(17)20-10-12-4-2-3-5-15(12)21-22(18,19)14-8-6-13(16)7-9-14/h6-9,12,15H,2-5,10H2,1H3/t12-,15+/m0/s1. The van der Waals surface area contributed by atoms with Gasteiger partial charge in [-0.2, -0.15) is 8.42 Å². The molecule has 0 amide bonds. The van der Waals surface area contributed by atoms with Gasteiger partial charge in [-0.25, -0.2) is 0 Å². The van der Waals surface area contributed by atoms with Gasteiger partial charge in [0.2, 0.25) is 0 Å². The smallest absolute Gasteiger partial charge is 0.302 e. The van der Waals surface area contributed by atoms with Crippen LogP contribution in [0.15, 0.2) is 33.6 Å². The Morgan fingerprint density at radius 1 is 1.23 bits per heavy atom. The number of carbonyl (C=O) groups is 1. The molecule has 122 valence electrons. The van der Waals surface area contributed by atoms with Crippen LogP contribution in [0.1, 0.15) is 32.6 Å². The summed E-state index contributed by atoms with van der Waals surface area (Å²) in [7, 11) is -3.81. The van der Waals surface area contributed by atoms with Gasteiger partial charge in [0.1, 0.15) is 0 Å². The number of benzene rings is 1. The van der Waals surface area contributed by atoms with Crippen molar-refractivity contribution in [3.05, 3.63) is 28.7 Å². The number of ether oxygens (including phenoxy) is 1. The van der Waals surface area contributed by atoms with E-state index in [1.54, 1.807) is 12.1 Å². The number of carbonyl (C=O) groups excluding carboxylic acids is 1. The van der Waals surface area contributed by atoms with Crippen LogP contribution in [0.25, 0.3) is 0 Å². The first-order valence-electron chi connectivity index (χ1n) is 7.21. The van der Waals surface area contributed by atoms with Gasteiger partial charge in [-0.1, -0.05) is 28.8 Å². The largest absolute Gasteiger partial charge is 0.465 e. The highest BCUT2D eigenvalue weighted by atomic mass is 79.9. The Morgan fingerprint density at radius 3 is 2.50 bits per heavy atom. The van der Waals surface area contributed by atoms with E-state index in [0.29, 0.717) is 6.42 Å². The van der Waals surface area contributed by atoms with Gasteiger partial charge < -0.3 is 4.74 Å². The first kappa shape index (κ1) is 17.4. The molecule has 0 radical (unpaired) electrons. The number of rotatable bonds is 5. The number of halogens is 1. The van der Waals surface area contributed by atoms with Crippen molar-refractivity contribution in [2.24, 2.45) is 5.92 Å². The van der Waals surface area contributed by atoms with Crippen LogP contribution in [0.4, 0.5) is 0 Å². The summed E-state index contributed by atoms with van der Waals surface area (Å²) in [6.45, 7) is 1.55. The second-order valence-electron chi connectivity index (χ2n) is 5.39. The van der Waals surface area contributed by atoms with Gasteiger partial charge in [-0.15, -0.1) is 0 Å². The lowest BCUT2D eigenvalue weighted by Gasteiger charge is -2.30. The Hall–Kier alpha value is -0.920. The molecule has 1 aromatic rings. The molecule has 5 nitrogen and oxygen atoms in total. The Kier molecular flexibility index (Phi) is 6.00. The van der Waals surface area contributed by atoms with Crippen molar-refractivity contribution in [3.8, 4) is 0 Å². The molecule has 0 aliphatic heterocycles. The monoisotopic (exact) mass is 390 g/mol. The van der Waals surface area contributed by atoms with E-state index < -0.39 is 16.2 Å². The summed E-state index contributed by atoms with van der Waals surface area (Å²) < 4.78 is 35.9. The van der Waals surface area contributed by atoms with Crippen molar-refractivity contribution in [1.82, 2.24) is 0 Å². The first-order chi connectivity index (χ1) is 10.4. The van der Waals surface area contributed by atoms with Gasteiger partial charge in [0, 0.05) is 17.3 Å². The molecular weight excluding hydrogens is 372 g/mol. The first-order valence-corrected chi connectivity index (χ1v) is 9.41. The zero-order chi connectivity index (χ0) is 16.2. The molecule has 0 heterocycles. The quantitative estimate of drug-likeness (QED) is 0.569. The SMILES string of the molecule is CC(=O)OC[C@@H]1CCCC[C@H]1OS(=O)(=O)c1ccc(Br)cc1. The predicted octanol–water partition coefficient (Wildman–Crippen LogP) is 3.28. The lowest BCUT2D eigenvalue weighted by atomic mass is 9.87. The van der Waals surface area contributed by atoms with Crippen molar-refractivity contribution in [3.63, 3.8) is 0 Å². The molecule has 0 aromatic heterocycles. The molecule has 1 saturated carbocycles. The summed E-state index contributed by atoms with van der Waals surface area (Å²) in [5.41, 5.74) is 0. The summed E-state index contributed by atoms with van der Waals surface area (Å²) in [4.78, 5) is 11.1. The molecule has 2 rings (SSSR count). The minimum atomic E-state index is -3.81. The van der Waals surface area contributed by atoms with Crippen LogP contribution in [-0.2, 0) is 23.8 Å². The minimum Gasteiger partial charge on any atom is -0.465 e. The van der Waals surface area contributed by atoms with Gasteiger partial charge >= 0.3 is 5.97 Å². The Balaban J connectivity index is 2.08. The fourth-order valence-electron chi connectivity index (χ4n) is 2.53. The summed E-state index contributed by atoms with van der Waals surface area (Å²) in [5.74, 6) is -0.442. The van der Waals surface area contributed by atoms with Crippen LogP contribution in [0.3, 0.4) is 0 Å². The molecular formula is C15H19BrO5S. The second kappa shape index (κ2) is 7.57. The van der Waals surface area contributed by atoms with E-state index in [2.05, 4.69) is 15.9 Å². The van der Waals surface area contributed by atoms with Crippen molar-refractivity contribution in [2.45, 2.75) is 43.6 Å². The van der Waals surface area contributed by atoms with E-state index in [1.165, 1.54) is 19.1 Å². The third-order valence-electron chi connectivity index (χ3n) is 3.69. The van der Waals surface area contributed by atoms with Crippen LogP contribution >= 0.6 is 15.9 Å². The molecule has 7 heteroatoms. The average Bonchev–Trinajstić information content (AvgIpc) is 2.46. The van der Waals surface area contributed by atoms with Crippen LogP contribution in [0.2, 0.25) is 0 Å². The second-order valence-corrected chi connectivity index (χ2v) is 7.88. The van der Waals surface area contributed by atoms with Crippen molar-refractivity contribution < 1.29 is 22.1 Å². The summed E-state index contributed by atoms with van der Waals surface area (Å²) in [6, 6.07) is 6.33. The van der Waals surface area contributed by atoms with E-state index in [4.69, 9.17) is 8.92 Å². The topological polar surface area (TPSA) is 69.7 Å². The summed E-state index contributed by atoms with van der Waals surface area (Å²) in [6.07, 6.45) is 2.92. The van der Waals surface area contributed by atoms with Gasteiger partial charge in [0.25, 0.3) is 10.1 Å². The lowest BCUT2D eigenvalue weighted by molar-refractivity contribution is -0.143. The molecule has 0 unspecified atom stereocenters. The average molecular weight is 391 g/mol. The van der Waals surface area contributed by atoms with Gasteiger partial charge in [0.15, 0.2) is 0 Å². The fraction of sp³-hybridized carbons (Fsp3) is 0.533. The molecule has 0 bridgehead atoms. The van der Waals surface area contributed by atoms with E-state index in [9.17, 15) is 13.2 Å². The van der Waals surface area contributed by atoms with E-state index in [-0.39, 0.29) is 23.4 Å². The normalized spacial score (nSPS) is 22.3. The zero-order valence-corrected chi connectivity index (χ0v) is 14.7. The van der Waals surface area contributed by atoms with Crippen LogP contribution in [-0.4, -0.2) is 27.1 Å². The van der Waals surface area contributed by atoms with Gasteiger partial charge in [-0.3, -0.25) is 8.98 Å². The molecule has 0 saturated heterocycles. The Labute approximate surface area is 139 Å². The van der Waals surface area contributed by atoms with E-state index >= 15 is 0 Å². The maximum Gasteiger partial charge on any atom is 0.302 e. The minimum absolute atomic E-state index is 0.0807. The van der Waals surface area contributed by atoms with Gasteiger partial charge in [-0.05, 0) is 37.1 Å². The maximum atomic E-state index is 12.4. The Morgan fingerprint density at radius 2 is 1.86 bits per heavy atom. The Bertz CT molecular complexity index is 611. The predicted molar refractivity (Wildman–Crippen MR) is 84.8 cm³/mol. The van der Waals surface area contributed by atoms with Crippen LogP contribution < -0.4 is 0 Å². The zero-order valence-electron chi connectivity index (χ0n) is 12.3. The number of esters is 1. The summed E-state index contributed by atoms with van der Waals surface area (Å²) >= 11 is 3.27.